The average Bonchev–Trinajstić information content (AvgIpc) is 2.93. The predicted molar refractivity (Wildman–Crippen MR) is 90.4 cm³/mol. The molecule has 4 nitrogen and oxygen atoms in total. The molecule has 2 aromatic rings. The van der Waals surface area contributed by atoms with Crippen LogP contribution in [-0.4, -0.2) is 27.7 Å². The molecule has 120 valence electrons. The first-order valence-electron chi connectivity index (χ1n) is 7.33. The molecule has 0 aliphatic carbocycles. The zero-order valence-corrected chi connectivity index (χ0v) is 15.1. The van der Waals surface area contributed by atoms with Gasteiger partial charge in [0.15, 0.2) is 0 Å². The molecule has 0 saturated heterocycles. The lowest BCUT2D eigenvalue weighted by Gasteiger charge is -2.15. The van der Waals surface area contributed by atoms with Crippen molar-refractivity contribution in [3.63, 3.8) is 0 Å². The Morgan fingerprint density at radius 3 is 2.36 bits per heavy atom. The molecule has 1 heterocycles. The molecule has 1 aromatic heterocycles. The number of nitrogens with zero attached hydrogens (tertiary/aromatic N) is 1. The molecule has 0 atom stereocenters. The lowest BCUT2D eigenvalue weighted by atomic mass is 10.4. The molecule has 1 aromatic carbocycles. The van der Waals surface area contributed by atoms with E-state index in [2.05, 4.69) is 19.6 Å². The Morgan fingerprint density at radius 1 is 1.05 bits per heavy atom. The summed E-state index contributed by atoms with van der Waals surface area (Å²) in [5.41, 5.74) is 0. The van der Waals surface area contributed by atoms with Crippen molar-refractivity contribution >= 4 is 17.9 Å². The van der Waals surface area contributed by atoms with Crippen molar-refractivity contribution in [3.05, 3.63) is 48.8 Å². The largest absolute Gasteiger partial charge is 0.361 e. The van der Waals surface area contributed by atoms with Crippen molar-refractivity contribution in [2.75, 3.05) is 6.61 Å². The summed E-state index contributed by atoms with van der Waals surface area (Å²) in [6.45, 7) is 8.01. The van der Waals surface area contributed by atoms with E-state index < -0.39 is 17.9 Å². The molecule has 0 amide bonds. The van der Waals surface area contributed by atoms with Gasteiger partial charge in [0, 0.05) is 27.1 Å². The highest BCUT2D eigenvalue weighted by molar-refractivity contribution is 7.91. The summed E-state index contributed by atoms with van der Waals surface area (Å²) >= 11 is 0. The van der Waals surface area contributed by atoms with Crippen LogP contribution in [0.1, 0.15) is 0 Å². The van der Waals surface area contributed by atoms with Crippen LogP contribution in [0.15, 0.2) is 58.6 Å². The zero-order chi connectivity index (χ0) is 16.2. The minimum Gasteiger partial charge on any atom is -0.361 e. The fourth-order valence-corrected chi connectivity index (χ4v) is 4.00. The van der Waals surface area contributed by atoms with Gasteiger partial charge in [0.05, 0.1) is 9.79 Å². The van der Waals surface area contributed by atoms with E-state index in [0.717, 1.165) is 6.04 Å². The number of benzene rings is 1. The first-order chi connectivity index (χ1) is 10.3. The highest BCUT2D eigenvalue weighted by Crippen LogP contribution is 2.20. The molecule has 0 aliphatic rings. The number of ether oxygens (including phenoxy) is 1. The van der Waals surface area contributed by atoms with Crippen molar-refractivity contribution in [2.45, 2.75) is 42.2 Å². The first kappa shape index (κ1) is 17.0. The Morgan fingerprint density at radius 2 is 1.73 bits per heavy atom. The summed E-state index contributed by atoms with van der Waals surface area (Å²) in [5.74, 6) is 0. The van der Waals surface area contributed by atoms with Gasteiger partial charge >= 0.3 is 0 Å². The van der Waals surface area contributed by atoms with Crippen LogP contribution < -0.4 is 0 Å². The lowest BCUT2D eigenvalue weighted by molar-refractivity contribution is 0.0872. The molecular formula is C16H23NO3SSi. The summed E-state index contributed by atoms with van der Waals surface area (Å²) in [6.07, 6.45) is 3.36. The number of aromatic nitrogens is 1. The van der Waals surface area contributed by atoms with E-state index in [-0.39, 0.29) is 0 Å². The Kier molecular flexibility index (Phi) is 5.26. The van der Waals surface area contributed by atoms with E-state index in [1.165, 1.54) is 0 Å². The monoisotopic (exact) mass is 337 g/mol. The van der Waals surface area contributed by atoms with Gasteiger partial charge in [-0.1, -0.05) is 37.8 Å². The minimum absolute atomic E-state index is 0.299. The normalized spacial score (nSPS) is 12.5. The van der Waals surface area contributed by atoms with E-state index in [1.54, 1.807) is 53.4 Å². The predicted octanol–water partition coefficient (Wildman–Crippen LogP) is 3.63. The topological polar surface area (TPSA) is 48.3 Å². The molecule has 0 bridgehead atoms. The quantitative estimate of drug-likeness (QED) is 0.572. The summed E-state index contributed by atoms with van der Waals surface area (Å²) in [5, 5.41) is 0. The van der Waals surface area contributed by atoms with Gasteiger partial charge in [-0.3, -0.25) is 0 Å². The molecule has 0 aliphatic heterocycles. The SMILES string of the molecule is C[Si](C)(C)CCOCn1ccc(S(=O)(=O)c2ccccc2)c1. The maximum Gasteiger partial charge on any atom is 0.208 e. The van der Waals surface area contributed by atoms with Gasteiger partial charge in [0.1, 0.15) is 6.73 Å². The number of sulfone groups is 1. The smallest absolute Gasteiger partial charge is 0.208 e. The third-order valence-corrected chi connectivity index (χ3v) is 6.78. The van der Waals surface area contributed by atoms with E-state index in [0.29, 0.717) is 23.1 Å². The van der Waals surface area contributed by atoms with Crippen LogP contribution in [-0.2, 0) is 21.3 Å². The zero-order valence-electron chi connectivity index (χ0n) is 13.3. The summed E-state index contributed by atoms with van der Waals surface area (Å²) < 4.78 is 32.3. The first-order valence-corrected chi connectivity index (χ1v) is 12.5. The van der Waals surface area contributed by atoms with Crippen LogP contribution in [0.5, 0.6) is 0 Å². The molecule has 0 radical (unpaired) electrons. The van der Waals surface area contributed by atoms with E-state index in [1.807, 2.05) is 0 Å². The van der Waals surface area contributed by atoms with Gasteiger partial charge in [-0.25, -0.2) is 8.42 Å². The fraction of sp³-hybridized carbons (Fsp3) is 0.375. The standard InChI is InChI=1S/C16H23NO3SSi/c1-22(2,3)12-11-20-14-17-10-9-16(13-17)21(18,19)15-7-5-4-6-8-15/h4-10,13H,11-12,14H2,1-3H3. The number of hydrogen-bond donors (Lipinski definition) is 0. The number of rotatable bonds is 7. The van der Waals surface area contributed by atoms with Crippen molar-refractivity contribution in [1.29, 1.82) is 0 Å². The van der Waals surface area contributed by atoms with Crippen LogP contribution in [0.3, 0.4) is 0 Å². The summed E-state index contributed by atoms with van der Waals surface area (Å²) in [4.78, 5) is 0.611. The molecule has 2 rings (SSSR count). The second kappa shape index (κ2) is 6.81. The molecule has 0 saturated carbocycles. The molecular weight excluding hydrogens is 314 g/mol. The average molecular weight is 338 g/mol. The van der Waals surface area contributed by atoms with Gasteiger partial charge in [0.2, 0.25) is 9.84 Å². The van der Waals surface area contributed by atoms with Crippen LogP contribution in [0.2, 0.25) is 25.7 Å². The fourth-order valence-electron chi connectivity index (χ4n) is 1.94. The van der Waals surface area contributed by atoms with Gasteiger partial charge in [-0.05, 0) is 24.2 Å². The maximum absolute atomic E-state index is 12.5. The molecule has 0 N–H and O–H groups in total. The minimum atomic E-state index is -3.44. The lowest BCUT2D eigenvalue weighted by Crippen LogP contribution is -2.21. The molecule has 0 unspecified atom stereocenters. The van der Waals surface area contributed by atoms with Crippen molar-refractivity contribution in [3.8, 4) is 0 Å². The van der Waals surface area contributed by atoms with Gasteiger partial charge in [-0.15, -0.1) is 0 Å². The Bertz CT molecular complexity index is 702. The van der Waals surface area contributed by atoms with E-state index in [4.69, 9.17) is 4.74 Å². The molecule has 0 spiro atoms. The number of hydrogen-bond acceptors (Lipinski definition) is 3. The molecule has 22 heavy (non-hydrogen) atoms. The Labute approximate surface area is 133 Å². The Hall–Kier alpha value is -1.37. The van der Waals surface area contributed by atoms with Crippen molar-refractivity contribution in [2.24, 2.45) is 0 Å². The second-order valence-electron chi connectivity index (χ2n) is 6.53. The highest BCUT2D eigenvalue weighted by Gasteiger charge is 2.18. The molecule has 0 fully saturated rings. The summed E-state index contributed by atoms with van der Waals surface area (Å²) in [7, 11) is -4.54. The Balaban J connectivity index is 2.00. The third-order valence-electron chi connectivity index (χ3n) is 3.32. The van der Waals surface area contributed by atoms with Gasteiger partial charge < -0.3 is 9.30 Å². The molecule has 6 heteroatoms. The van der Waals surface area contributed by atoms with Crippen molar-refractivity contribution < 1.29 is 13.2 Å². The van der Waals surface area contributed by atoms with Crippen LogP contribution in [0.4, 0.5) is 0 Å². The van der Waals surface area contributed by atoms with Gasteiger partial charge in [0.25, 0.3) is 0 Å². The highest BCUT2D eigenvalue weighted by atomic mass is 32.2. The maximum atomic E-state index is 12.5. The van der Waals surface area contributed by atoms with E-state index >= 15 is 0 Å². The third kappa shape index (κ3) is 4.56. The van der Waals surface area contributed by atoms with Crippen molar-refractivity contribution in [1.82, 2.24) is 4.57 Å². The van der Waals surface area contributed by atoms with Gasteiger partial charge in [-0.2, -0.15) is 0 Å². The summed E-state index contributed by atoms with van der Waals surface area (Å²) in [6, 6.07) is 11.2. The van der Waals surface area contributed by atoms with Crippen LogP contribution in [0, 0.1) is 0 Å². The van der Waals surface area contributed by atoms with Crippen LogP contribution >= 0.6 is 0 Å². The van der Waals surface area contributed by atoms with E-state index in [9.17, 15) is 8.42 Å². The van der Waals surface area contributed by atoms with Crippen LogP contribution in [0.25, 0.3) is 0 Å². The second-order valence-corrected chi connectivity index (χ2v) is 14.1.